The molecule has 0 saturated carbocycles. The number of hydrogen-bond donors (Lipinski definition) is 1. The number of hydrogen-bond acceptors (Lipinski definition) is 4. The summed E-state index contributed by atoms with van der Waals surface area (Å²) in [6.07, 6.45) is 2.33. The van der Waals surface area contributed by atoms with Crippen LogP contribution in [0.1, 0.15) is 19.8 Å². The van der Waals surface area contributed by atoms with Gasteiger partial charge < -0.3 is 10.1 Å². The summed E-state index contributed by atoms with van der Waals surface area (Å²) >= 11 is 5.66. The quantitative estimate of drug-likeness (QED) is 0.841. The topological polar surface area (TPSA) is 47.0 Å². The first kappa shape index (κ1) is 10.6. The lowest BCUT2D eigenvalue weighted by molar-refractivity contribution is 0.0231. The second kappa shape index (κ2) is 4.77. The maximum Gasteiger partial charge on any atom is 0.151 e. The van der Waals surface area contributed by atoms with Crippen molar-refractivity contribution in [3.63, 3.8) is 0 Å². The Labute approximate surface area is 94.0 Å². The van der Waals surface area contributed by atoms with Gasteiger partial charge in [0.25, 0.3) is 0 Å². The van der Waals surface area contributed by atoms with Gasteiger partial charge in [-0.2, -0.15) is 0 Å². The summed E-state index contributed by atoms with van der Waals surface area (Å²) in [6, 6.07) is 4.00. The van der Waals surface area contributed by atoms with Gasteiger partial charge in [-0.1, -0.05) is 11.6 Å². The monoisotopic (exact) mass is 227 g/mol. The largest absolute Gasteiger partial charge is 0.378 e. The van der Waals surface area contributed by atoms with Crippen molar-refractivity contribution in [3.8, 4) is 0 Å². The van der Waals surface area contributed by atoms with E-state index in [0.717, 1.165) is 25.3 Å². The van der Waals surface area contributed by atoms with Crippen LogP contribution in [0.5, 0.6) is 0 Å². The molecule has 1 aliphatic rings. The molecule has 4 nitrogen and oxygen atoms in total. The maximum absolute atomic E-state index is 5.66. The molecule has 0 amide bonds. The van der Waals surface area contributed by atoms with Crippen LogP contribution >= 0.6 is 11.6 Å². The molecule has 2 atom stereocenters. The van der Waals surface area contributed by atoms with Gasteiger partial charge in [-0.15, -0.1) is 10.2 Å². The minimum atomic E-state index is 0.316. The molecule has 1 N–H and O–H groups in total. The van der Waals surface area contributed by atoms with E-state index in [4.69, 9.17) is 16.3 Å². The molecule has 82 valence electrons. The van der Waals surface area contributed by atoms with Gasteiger partial charge in [0.2, 0.25) is 0 Å². The molecule has 2 rings (SSSR count). The van der Waals surface area contributed by atoms with Crippen molar-refractivity contribution in [1.82, 2.24) is 10.2 Å². The number of halogens is 1. The van der Waals surface area contributed by atoms with Crippen molar-refractivity contribution in [2.45, 2.75) is 31.9 Å². The van der Waals surface area contributed by atoms with Gasteiger partial charge in [0.15, 0.2) is 5.15 Å². The van der Waals surface area contributed by atoms with Crippen LogP contribution in [0.2, 0.25) is 5.15 Å². The summed E-state index contributed by atoms with van der Waals surface area (Å²) in [7, 11) is 0. The number of ether oxygens (including phenoxy) is 1. The molecular formula is C10H14ClN3O. The Hall–Kier alpha value is -0.870. The molecule has 0 bridgehead atoms. The molecule has 2 heterocycles. The van der Waals surface area contributed by atoms with Crippen LogP contribution in [0.4, 0.5) is 5.82 Å². The lowest BCUT2D eigenvalue weighted by atomic mass is 10.0. The summed E-state index contributed by atoms with van der Waals surface area (Å²) in [5, 5.41) is 11.5. The highest BCUT2D eigenvalue weighted by molar-refractivity contribution is 6.29. The van der Waals surface area contributed by atoms with E-state index in [9.17, 15) is 0 Å². The Morgan fingerprint density at radius 3 is 3.00 bits per heavy atom. The summed E-state index contributed by atoms with van der Waals surface area (Å²) in [6.45, 7) is 2.89. The van der Waals surface area contributed by atoms with Crippen molar-refractivity contribution < 1.29 is 4.74 Å². The minimum absolute atomic E-state index is 0.316. The minimum Gasteiger partial charge on any atom is -0.378 e. The van der Waals surface area contributed by atoms with Crippen LogP contribution in [0.15, 0.2) is 12.1 Å². The molecule has 1 aliphatic heterocycles. The normalized spacial score (nSPS) is 26.3. The molecular weight excluding hydrogens is 214 g/mol. The Morgan fingerprint density at radius 2 is 2.33 bits per heavy atom. The molecule has 0 radical (unpaired) electrons. The van der Waals surface area contributed by atoms with Crippen molar-refractivity contribution in [2.75, 3.05) is 11.9 Å². The lowest BCUT2D eigenvalue weighted by Gasteiger charge is -2.28. The Morgan fingerprint density at radius 1 is 1.47 bits per heavy atom. The summed E-state index contributed by atoms with van der Waals surface area (Å²) in [4.78, 5) is 0. The van der Waals surface area contributed by atoms with E-state index in [2.05, 4.69) is 22.4 Å². The molecule has 0 aromatic carbocycles. The van der Waals surface area contributed by atoms with Crippen LogP contribution in [-0.4, -0.2) is 29.0 Å². The van der Waals surface area contributed by atoms with Gasteiger partial charge in [-0.05, 0) is 31.9 Å². The third-order valence-electron chi connectivity index (χ3n) is 2.47. The molecule has 1 fully saturated rings. The predicted molar refractivity (Wildman–Crippen MR) is 59.1 cm³/mol. The van der Waals surface area contributed by atoms with E-state index < -0.39 is 0 Å². The van der Waals surface area contributed by atoms with Crippen molar-refractivity contribution in [2.24, 2.45) is 0 Å². The summed E-state index contributed by atoms with van der Waals surface area (Å²) in [5.74, 6) is 0.776. The van der Waals surface area contributed by atoms with Gasteiger partial charge in [-0.3, -0.25) is 0 Å². The molecule has 0 aliphatic carbocycles. The number of anilines is 1. The smallest absolute Gasteiger partial charge is 0.151 e. The van der Waals surface area contributed by atoms with Gasteiger partial charge >= 0.3 is 0 Å². The molecule has 1 saturated heterocycles. The highest BCUT2D eigenvalue weighted by atomic mass is 35.5. The van der Waals surface area contributed by atoms with E-state index in [1.54, 1.807) is 6.07 Å². The predicted octanol–water partition coefficient (Wildman–Crippen LogP) is 2.11. The van der Waals surface area contributed by atoms with Gasteiger partial charge in [-0.25, -0.2) is 0 Å². The first-order valence-electron chi connectivity index (χ1n) is 5.11. The zero-order chi connectivity index (χ0) is 10.7. The number of nitrogens with zero attached hydrogens (tertiary/aromatic N) is 2. The van der Waals surface area contributed by atoms with Crippen molar-refractivity contribution in [3.05, 3.63) is 17.3 Å². The first-order valence-corrected chi connectivity index (χ1v) is 5.49. The highest BCUT2D eigenvalue weighted by Crippen LogP contribution is 2.17. The molecule has 2 unspecified atom stereocenters. The Kier molecular flexibility index (Phi) is 3.38. The van der Waals surface area contributed by atoms with Crippen molar-refractivity contribution >= 4 is 17.4 Å². The van der Waals surface area contributed by atoms with E-state index in [-0.39, 0.29) is 0 Å². The van der Waals surface area contributed by atoms with Crippen LogP contribution in [0.3, 0.4) is 0 Å². The zero-order valence-electron chi connectivity index (χ0n) is 8.61. The van der Waals surface area contributed by atoms with Gasteiger partial charge in [0.05, 0.1) is 6.10 Å². The fraction of sp³-hybridized carbons (Fsp3) is 0.600. The summed E-state index contributed by atoms with van der Waals surface area (Å²) in [5.41, 5.74) is 0. The third-order valence-corrected chi connectivity index (χ3v) is 2.67. The van der Waals surface area contributed by atoms with E-state index in [0.29, 0.717) is 17.3 Å². The number of rotatable bonds is 2. The van der Waals surface area contributed by atoms with Crippen molar-refractivity contribution in [1.29, 1.82) is 0 Å². The SMILES string of the molecule is CC1CC(Nc2ccc(Cl)nn2)CCO1. The number of nitrogens with one attached hydrogen (secondary N) is 1. The molecule has 0 spiro atoms. The standard InChI is InChI=1S/C10H14ClN3O/c1-7-6-8(4-5-15-7)12-10-3-2-9(11)13-14-10/h2-3,7-8H,4-6H2,1H3,(H,12,14). The van der Waals surface area contributed by atoms with Crippen LogP contribution in [-0.2, 0) is 4.74 Å². The van der Waals surface area contributed by atoms with Crippen LogP contribution in [0, 0.1) is 0 Å². The summed E-state index contributed by atoms with van der Waals surface area (Å²) < 4.78 is 5.47. The molecule has 5 heteroatoms. The molecule has 1 aromatic rings. The Balaban J connectivity index is 1.93. The van der Waals surface area contributed by atoms with E-state index in [1.807, 2.05) is 6.07 Å². The van der Waals surface area contributed by atoms with E-state index >= 15 is 0 Å². The lowest BCUT2D eigenvalue weighted by Crippen LogP contribution is -2.32. The second-order valence-corrected chi connectivity index (χ2v) is 4.18. The number of aromatic nitrogens is 2. The second-order valence-electron chi connectivity index (χ2n) is 3.79. The third kappa shape index (κ3) is 3.04. The molecule has 15 heavy (non-hydrogen) atoms. The average Bonchev–Trinajstić information content (AvgIpc) is 2.22. The fourth-order valence-electron chi connectivity index (χ4n) is 1.73. The molecule has 1 aromatic heterocycles. The average molecular weight is 228 g/mol. The van der Waals surface area contributed by atoms with Gasteiger partial charge in [0.1, 0.15) is 5.82 Å². The van der Waals surface area contributed by atoms with Gasteiger partial charge in [0, 0.05) is 12.6 Å². The van der Waals surface area contributed by atoms with Crippen LogP contribution in [0.25, 0.3) is 0 Å². The zero-order valence-corrected chi connectivity index (χ0v) is 9.37. The highest BCUT2D eigenvalue weighted by Gasteiger charge is 2.19. The van der Waals surface area contributed by atoms with E-state index in [1.165, 1.54) is 0 Å². The first-order chi connectivity index (χ1) is 7.24. The Bertz CT molecular complexity index is 317. The van der Waals surface area contributed by atoms with Crippen LogP contribution < -0.4 is 5.32 Å². The maximum atomic E-state index is 5.66. The fourth-order valence-corrected chi connectivity index (χ4v) is 1.83.